The number of rotatable bonds is 2. The van der Waals surface area contributed by atoms with Gasteiger partial charge in [-0.15, -0.1) is 0 Å². The Morgan fingerprint density at radius 2 is 2.07 bits per heavy atom. The highest BCUT2D eigenvalue weighted by molar-refractivity contribution is 7.99. The summed E-state index contributed by atoms with van der Waals surface area (Å²) in [6, 6.07) is 9.31. The molecule has 0 saturated carbocycles. The zero-order valence-electron chi connectivity index (χ0n) is 8.39. The maximum absolute atomic E-state index is 11.7. The topological polar surface area (TPSA) is 53.9 Å². The number of ether oxygens (including phenoxy) is 1. The third-order valence-corrected chi connectivity index (χ3v) is 3.64. The molecule has 0 unspecified atom stereocenters. The zero-order valence-corrected chi connectivity index (χ0v) is 9.20. The Morgan fingerprint density at radius 1 is 1.33 bits per heavy atom. The minimum atomic E-state index is -0.239. The quantitative estimate of drug-likeness (QED) is 0.747. The normalized spacial score (nSPS) is 25.1. The van der Waals surface area contributed by atoms with E-state index in [2.05, 4.69) is 5.73 Å². The molecule has 15 heavy (non-hydrogen) atoms. The van der Waals surface area contributed by atoms with Gasteiger partial charge >= 0.3 is 5.97 Å². The molecular formula is C11H14NO2S+. The van der Waals surface area contributed by atoms with Crippen molar-refractivity contribution < 1.29 is 15.3 Å². The van der Waals surface area contributed by atoms with Gasteiger partial charge in [0, 0.05) is 11.5 Å². The molecule has 3 N–H and O–H groups in total. The van der Waals surface area contributed by atoms with Gasteiger partial charge in [0.15, 0.2) is 6.10 Å². The summed E-state index contributed by atoms with van der Waals surface area (Å²) in [6.07, 6.45) is -0.0253. The highest BCUT2D eigenvalue weighted by Crippen LogP contribution is 2.19. The lowest BCUT2D eigenvalue weighted by Crippen LogP contribution is -2.66. The van der Waals surface area contributed by atoms with Gasteiger partial charge in [0.05, 0.1) is 5.56 Å². The van der Waals surface area contributed by atoms with Crippen LogP contribution in [0.5, 0.6) is 0 Å². The van der Waals surface area contributed by atoms with E-state index in [1.807, 2.05) is 18.2 Å². The zero-order chi connectivity index (χ0) is 10.7. The minimum absolute atomic E-state index is 0.0253. The van der Waals surface area contributed by atoms with E-state index in [0.29, 0.717) is 5.56 Å². The van der Waals surface area contributed by atoms with Gasteiger partial charge in [-0.25, -0.2) is 4.79 Å². The van der Waals surface area contributed by atoms with Gasteiger partial charge in [-0.3, -0.25) is 0 Å². The van der Waals surface area contributed by atoms with Crippen LogP contribution in [0.1, 0.15) is 10.4 Å². The first-order chi connectivity index (χ1) is 7.27. The van der Waals surface area contributed by atoms with Crippen LogP contribution in [0.2, 0.25) is 0 Å². The lowest BCUT2D eigenvalue weighted by atomic mass is 10.2. The molecule has 0 aromatic heterocycles. The van der Waals surface area contributed by atoms with Crippen LogP contribution < -0.4 is 5.73 Å². The summed E-state index contributed by atoms with van der Waals surface area (Å²) in [5.41, 5.74) is 4.58. The third-order valence-electron chi connectivity index (χ3n) is 2.41. The van der Waals surface area contributed by atoms with Crippen LogP contribution in [0.4, 0.5) is 0 Å². The van der Waals surface area contributed by atoms with E-state index in [4.69, 9.17) is 4.74 Å². The first-order valence-electron chi connectivity index (χ1n) is 4.94. The summed E-state index contributed by atoms with van der Waals surface area (Å²) in [5, 5.41) is 0. The van der Waals surface area contributed by atoms with Gasteiger partial charge in [-0.05, 0) is 12.1 Å². The van der Waals surface area contributed by atoms with Crippen molar-refractivity contribution in [3.63, 3.8) is 0 Å². The van der Waals surface area contributed by atoms with Crippen LogP contribution in [0.15, 0.2) is 30.3 Å². The first kappa shape index (κ1) is 10.5. The summed E-state index contributed by atoms with van der Waals surface area (Å²) >= 11 is 1.79. The standard InChI is InChI=1S/C11H13NO2S/c12-9-6-15-7-10(9)14-11(13)8-4-2-1-3-5-8/h1-5,9-10H,6-7,12H2/p+1/t9-,10+/m1/s1. The van der Waals surface area contributed by atoms with Crippen molar-refractivity contribution in [2.45, 2.75) is 12.1 Å². The molecule has 2 atom stereocenters. The highest BCUT2D eigenvalue weighted by Gasteiger charge is 2.31. The monoisotopic (exact) mass is 224 g/mol. The van der Waals surface area contributed by atoms with Gasteiger partial charge in [0.1, 0.15) is 6.04 Å². The van der Waals surface area contributed by atoms with Crippen molar-refractivity contribution in [3.8, 4) is 0 Å². The Hall–Kier alpha value is -1.00. The van der Waals surface area contributed by atoms with Crippen LogP contribution in [-0.2, 0) is 4.74 Å². The van der Waals surface area contributed by atoms with Crippen LogP contribution >= 0.6 is 11.8 Å². The summed E-state index contributed by atoms with van der Waals surface area (Å²) < 4.78 is 5.39. The molecular weight excluding hydrogens is 210 g/mol. The van der Waals surface area contributed by atoms with Crippen LogP contribution in [0.3, 0.4) is 0 Å². The molecule has 2 rings (SSSR count). The molecule has 1 aliphatic heterocycles. The molecule has 80 valence electrons. The van der Waals surface area contributed by atoms with E-state index >= 15 is 0 Å². The summed E-state index contributed by atoms with van der Waals surface area (Å²) in [6.45, 7) is 0. The van der Waals surface area contributed by atoms with Crippen molar-refractivity contribution in [3.05, 3.63) is 35.9 Å². The molecule has 0 spiro atoms. The minimum Gasteiger partial charge on any atom is -0.452 e. The van der Waals surface area contributed by atoms with Crippen molar-refractivity contribution >= 4 is 17.7 Å². The maximum atomic E-state index is 11.7. The average Bonchev–Trinajstić information content (AvgIpc) is 2.66. The van der Waals surface area contributed by atoms with Gasteiger partial charge in [0.25, 0.3) is 0 Å². The van der Waals surface area contributed by atoms with E-state index < -0.39 is 0 Å². The predicted molar refractivity (Wildman–Crippen MR) is 59.6 cm³/mol. The molecule has 0 radical (unpaired) electrons. The van der Waals surface area contributed by atoms with E-state index in [9.17, 15) is 4.79 Å². The third kappa shape index (κ3) is 2.52. The van der Waals surface area contributed by atoms with Crippen molar-refractivity contribution in [2.75, 3.05) is 11.5 Å². The smallest absolute Gasteiger partial charge is 0.338 e. The lowest BCUT2D eigenvalue weighted by molar-refractivity contribution is -0.425. The second-order valence-corrected chi connectivity index (χ2v) is 4.68. The molecule has 0 amide bonds. The number of thioether (sulfide) groups is 1. The average molecular weight is 224 g/mol. The molecule has 1 fully saturated rings. The Kier molecular flexibility index (Phi) is 3.28. The van der Waals surface area contributed by atoms with Crippen LogP contribution in [-0.4, -0.2) is 29.6 Å². The first-order valence-corrected chi connectivity index (χ1v) is 6.09. The van der Waals surface area contributed by atoms with Crippen LogP contribution in [0.25, 0.3) is 0 Å². The Balaban J connectivity index is 1.98. The number of esters is 1. The number of carbonyl (C=O) groups is 1. The number of benzene rings is 1. The second kappa shape index (κ2) is 4.68. The van der Waals surface area contributed by atoms with Crippen molar-refractivity contribution in [2.24, 2.45) is 0 Å². The fourth-order valence-electron chi connectivity index (χ4n) is 1.49. The molecule has 0 bridgehead atoms. The molecule has 4 heteroatoms. The van der Waals surface area contributed by atoms with Crippen molar-refractivity contribution in [1.29, 1.82) is 0 Å². The van der Waals surface area contributed by atoms with Gasteiger partial charge in [0.2, 0.25) is 0 Å². The number of carbonyl (C=O) groups excluding carboxylic acids is 1. The Labute approximate surface area is 93.0 Å². The number of hydrogen-bond donors (Lipinski definition) is 1. The molecule has 1 aromatic carbocycles. The van der Waals surface area contributed by atoms with Gasteiger partial charge < -0.3 is 10.5 Å². The molecule has 1 saturated heterocycles. The second-order valence-electron chi connectivity index (χ2n) is 3.61. The molecule has 1 aromatic rings. The van der Waals surface area contributed by atoms with Gasteiger partial charge in [-0.2, -0.15) is 11.8 Å². The molecule has 1 aliphatic rings. The largest absolute Gasteiger partial charge is 0.452 e. The molecule has 3 nitrogen and oxygen atoms in total. The van der Waals surface area contributed by atoms with Gasteiger partial charge in [-0.1, -0.05) is 18.2 Å². The molecule has 0 aliphatic carbocycles. The maximum Gasteiger partial charge on any atom is 0.338 e. The predicted octanol–water partition coefficient (Wildman–Crippen LogP) is 0.569. The number of hydrogen-bond acceptors (Lipinski definition) is 3. The Morgan fingerprint density at radius 3 is 2.67 bits per heavy atom. The fourth-order valence-corrected chi connectivity index (χ4v) is 2.71. The highest BCUT2D eigenvalue weighted by atomic mass is 32.2. The lowest BCUT2D eigenvalue weighted by Gasteiger charge is -2.13. The van der Waals surface area contributed by atoms with Crippen LogP contribution in [0, 0.1) is 0 Å². The van der Waals surface area contributed by atoms with Crippen molar-refractivity contribution in [1.82, 2.24) is 0 Å². The fraction of sp³-hybridized carbons (Fsp3) is 0.364. The van der Waals surface area contributed by atoms with E-state index in [0.717, 1.165) is 11.5 Å². The number of quaternary nitrogens is 1. The SMILES string of the molecule is [NH3+][C@@H]1CSC[C@@H]1OC(=O)c1ccccc1. The summed E-state index contributed by atoms with van der Waals surface area (Å²) in [4.78, 5) is 11.7. The van der Waals surface area contributed by atoms with E-state index in [1.54, 1.807) is 23.9 Å². The summed E-state index contributed by atoms with van der Waals surface area (Å²) in [7, 11) is 0. The Bertz CT molecular complexity index is 342. The van der Waals surface area contributed by atoms with E-state index in [-0.39, 0.29) is 18.1 Å². The van der Waals surface area contributed by atoms with E-state index in [1.165, 1.54) is 0 Å². The summed E-state index contributed by atoms with van der Waals surface area (Å²) in [5.74, 6) is 1.61. The molecule has 1 heterocycles.